The molecule has 2 saturated heterocycles. The highest BCUT2D eigenvalue weighted by Crippen LogP contribution is 2.44. The van der Waals surface area contributed by atoms with Crippen LogP contribution in [0.2, 0.25) is 0 Å². The van der Waals surface area contributed by atoms with E-state index < -0.39 is 17.8 Å². The molecular weight excluding hydrogens is 286 g/mol. The number of carbonyl (C=O) groups excluding carboxylic acids is 1. The lowest BCUT2D eigenvalue weighted by atomic mass is 9.78. The van der Waals surface area contributed by atoms with Gasteiger partial charge in [0, 0.05) is 5.69 Å². The first kappa shape index (κ1) is 14.8. The van der Waals surface area contributed by atoms with Crippen molar-refractivity contribution in [3.8, 4) is 5.75 Å². The summed E-state index contributed by atoms with van der Waals surface area (Å²) < 4.78 is 11.0. The van der Waals surface area contributed by atoms with Gasteiger partial charge in [0.2, 0.25) is 5.91 Å². The Labute approximate surface area is 128 Å². The summed E-state index contributed by atoms with van der Waals surface area (Å²) >= 11 is 0. The molecule has 2 heterocycles. The topological polar surface area (TPSA) is 84.9 Å². The van der Waals surface area contributed by atoms with E-state index in [1.807, 2.05) is 6.92 Å². The second-order valence-corrected chi connectivity index (χ2v) is 5.63. The first-order valence-corrected chi connectivity index (χ1v) is 7.52. The maximum Gasteiger partial charge on any atom is 0.310 e. The fourth-order valence-corrected chi connectivity index (χ4v) is 3.35. The molecule has 4 atom stereocenters. The number of hydrogen-bond acceptors (Lipinski definition) is 4. The van der Waals surface area contributed by atoms with Gasteiger partial charge in [0.15, 0.2) is 0 Å². The molecule has 0 spiro atoms. The Bertz CT molecular complexity index is 570. The lowest BCUT2D eigenvalue weighted by Crippen LogP contribution is -2.40. The van der Waals surface area contributed by atoms with E-state index in [1.54, 1.807) is 24.3 Å². The van der Waals surface area contributed by atoms with Crippen LogP contribution in [0.1, 0.15) is 19.8 Å². The minimum Gasteiger partial charge on any atom is -0.494 e. The van der Waals surface area contributed by atoms with Crippen LogP contribution in [-0.2, 0) is 14.3 Å². The van der Waals surface area contributed by atoms with Gasteiger partial charge in [-0.1, -0.05) is 0 Å². The molecule has 6 nitrogen and oxygen atoms in total. The molecule has 3 rings (SSSR count). The predicted octanol–water partition coefficient (Wildman–Crippen LogP) is 1.90. The molecule has 2 aliphatic heterocycles. The number of carboxylic acid groups (broad SMARTS) is 1. The summed E-state index contributed by atoms with van der Waals surface area (Å²) in [7, 11) is 0. The molecule has 0 radical (unpaired) electrons. The van der Waals surface area contributed by atoms with Crippen molar-refractivity contribution in [2.45, 2.75) is 32.0 Å². The van der Waals surface area contributed by atoms with Crippen molar-refractivity contribution in [2.75, 3.05) is 11.9 Å². The van der Waals surface area contributed by atoms with E-state index in [4.69, 9.17) is 9.47 Å². The number of carbonyl (C=O) groups is 2. The SMILES string of the molecule is CCOc1ccc(NC(=O)[C@H]2[C@H](C(=O)O)[C@H]3CC[C@H]2O3)cc1. The number of rotatable bonds is 5. The third-order valence-electron chi connectivity index (χ3n) is 4.29. The van der Waals surface area contributed by atoms with Crippen molar-refractivity contribution in [3.05, 3.63) is 24.3 Å². The zero-order valence-electron chi connectivity index (χ0n) is 12.3. The number of nitrogens with one attached hydrogen (secondary N) is 1. The van der Waals surface area contributed by atoms with E-state index in [2.05, 4.69) is 5.32 Å². The first-order chi connectivity index (χ1) is 10.6. The molecule has 1 aromatic rings. The molecule has 6 heteroatoms. The molecule has 118 valence electrons. The molecule has 0 unspecified atom stereocenters. The van der Waals surface area contributed by atoms with E-state index >= 15 is 0 Å². The molecule has 2 aliphatic rings. The summed E-state index contributed by atoms with van der Waals surface area (Å²) in [5.41, 5.74) is 0.625. The number of anilines is 1. The van der Waals surface area contributed by atoms with Gasteiger partial charge in [-0.05, 0) is 44.0 Å². The van der Waals surface area contributed by atoms with Crippen molar-refractivity contribution in [2.24, 2.45) is 11.8 Å². The van der Waals surface area contributed by atoms with Crippen LogP contribution in [0.3, 0.4) is 0 Å². The highest BCUT2D eigenvalue weighted by molar-refractivity contribution is 5.96. The third-order valence-corrected chi connectivity index (χ3v) is 4.29. The molecule has 22 heavy (non-hydrogen) atoms. The lowest BCUT2D eigenvalue weighted by Gasteiger charge is -2.23. The summed E-state index contributed by atoms with van der Waals surface area (Å²) in [6.45, 7) is 2.48. The monoisotopic (exact) mass is 305 g/mol. The second kappa shape index (κ2) is 5.96. The molecule has 0 aliphatic carbocycles. The largest absolute Gasteiger partial charge is 0.494 e. The molecule has 2 fully saturated rings. The van der Waals surface area contributed by atoms with Gasteiger partial charge in [-0.3, -0.25) is 9.59 Å². The van der Waals surface area contributed by atoms with Crippen LogP contribution < -0.4 is 10.1 Å². The Hall–Kier alpha value is -2.08. The van der Waals surface area contributed by atoms with Crippen LogP contribution in [0.5, 0.6) is 5.75 Å². The Morgan fingerprint density at radius 1 is 1.23 bits per heavy atom. The zero-order valence-corrected chi connectivity index (χ0v) is 12.3. The number of benzene rings is 1. The Morgan fingerprint density at radius 2 is 1.86 bits per heavy atom. The summed E-state index contributed by atoms with van der Waals surface area (Å²) in [4.78, 5) is 23.8. The number of fused-ring (bicyclic) bond motifs is 2. The number of amides is 1. The fraction of sp³-hybridized carbons (Fsp3) is 0.500. The predicted molar refractivity (Wildman–Crippen MR) is 78.8 cm³/mol. The van der Waals surface area contributed by atoms with Crippen LogP contribution in [0, 0.1) is 11.8 Å². The maximum atomic E-state index is 12.4. The van der Waals surface area contributed by atoms with Gasteiger partial charge < -0.3 is 19.9 Å². The quantitative estimate of drug-likeness (QED) is 0.868. The van der Waals surface area contributed by atoms with E-state index in [-0.39, 0.29) is 18.1 Å². The van der Waals surface area contributed by atoms with Crippen LogP contribution >= 0.6 is 0 Å². The number of aliphatic carboxylic acids is 1. The normalized spacial score (nSPS) is 29.3. The van der Waals surface area contributed by atoms with Gasteiger partial charge in [0.25, 0.3) is 0 Å². The minimum absolute atomic E-state index is 0.284. The number of hydrogen-bond donors (Lipinski definition) is 2. The van der Waals surface area contributed by atoms with Gasteiger partial charge >= 0.3 is 5.97 Å². The standard InChI is InChI=1S/C16H19NO5/c1-2-21-10-5-3-9(4-6-10)17-15(18)13-11-7-8-12(22-11)14(13)16(19)20/h3-6,11-14H,2,7-8H2,1H3,(H,17,18)(H,19,20)/t11-,12-,13-,14-/m1/s1. The molecular formula is C16H19NO5. The lowest BCUT2D eigenvalue weighted by molar-refractivity contribution is -0.147. The first-order valence-electron chi connectivity index (χ1n) is 7.52. The van der Waals surface area contributed by atoms with E-state index in [0.29, 0.717) is 18.7 Å². The van der Waals surface area contributed by atoms with E-state index in [0.717, 1.165) is 12.2 Å². The van der Waals surface area contributed by atoms with Gasteiger partial charge in [-0.15, -0.1) is 0 Å². The van der Waals surface area contributed by atoms with Gasteiger partial charge in [0.05, 0.1) is 30.7 Å². The molecule has 0 aromatic heterocycles. The molecule has 0 saturated carbocycles. The number of carboxylic acids is 1. The Kier molecular flexibility index (Phi) is 4.02. The summed E-state index contributed by atoms with van der Waals surface area (Å²) in [5.74, 6) is -1.89. The van der Waals surface area contributed by atoms with Crippen molar-refractivity contribution < 1.29 is 24.2 Å². The van der Waals surface area contributed by atoms with Crippen LogP contribution in [-0.4, -0.2) is 35.8 Å². The third kappa shape index (κ3) is 2.66. The molecule has 1 amide bonds. The van der Waals surface area contributed by atoms with Crippen LogP contribution in [0.4, 0.5) is 5.69 Å². The second-order valence-electron chi connectivity index (χ2n) is 5.63. The van der Waals surface area contributed by atoms with Crippen molar-refractivity contribution >= 4 is 17.6 Å². The average Bonchev–Trinajstić information content (AvgIpc) is 3.10. The zero-order chi connectivity index (χ0) is 15.7. The fourth-order valence-electron chi connectivity index (χ4n) is 3.35. The molecule has 1 aromatic carbocycles. The summed E-state index contributed by atoms with van der Waals surface area (Å²) in [6.07, 6.45) is 0.844. The Morgan fingerprint density at radius 3 is 2.45 bits per heavy atom. The van der Waals surface area contributed by atoms with Crippen LogP contribution in [0.15, 0.2) is 24.3 Å². The summed E-state index contributed by atoms with van der Waals surface area (Å²) in [5, 5.41) is 12.1. The smallest absolute Gasteiger partial charge is 0.310 e. The minimum atomic E-state index is -0.959. The van der Waals surface area contributed by atoms with Gasteiger partial charge in [-0.25, -0.2) is 0 Å². The van der Waals surface area contributed by atoms with Crippen molar-refractivity contribution in [3.63, 3.8) is 0 Å². The number of ether oxygens (including phenoxy) is 2. The summed E-state index contributed by atoms with van der Waals surface area (Å²) in [6, 6.07) is 7.02. The Balaban J connectivity index is 1.69. The van der Waals surface area contributed by atoms with Gasteiger partial charge in [-0.2, -0.15) is 0 Å². The highest BCUT2D eigenvalue weighted by Gasteiger charge is 2.55. The molecule has 2 bridgehead atoms. The average molecular weight is 305 g/mol. The van der Waals surface area contributed by atoms with Crippen molar-refractivity contribution in [1.29, 1.82) is 0 Å². The highest BCUT2D eigenvalue weighted by atomic mass is 16.5. The maximum absolute atomic E-state index is 12.4. The van der Waals surface area contributed by atoms with Crippen molar-refractivity contribution in [1.82, 2.24) is 0 Å². The molecule has 2 N–H and O–H groups in total. The van der Waals surface area contributed by atoms with E-state index in [9.17, 15) is 14.7 Å². The van der Waals surface area contributed by atoms with Crippen LogP contribution in [0.25, 0.3) is 0 Å². The van der Waals surface area contributed by atoms with E-state index in [1.165, 1.54) is 0 Å². The van der Waals surface area contributed by atoms with Gasteiger partial charge in [0.1, 0.15) is 5.75 Å².